The third-order valence-corrected chi connectivity index (χ3v) is 4.51. The van der Waals surface area contributed by atoms with E-state index < -0.39 is 17.7 Å². The highest BCUT2D eigenvalue weighted by Crippen LogP contribution is 2.35. The molecule has 1 unspecified atom stereocenters. The van der Waals surface area contributed by atoms with Gasteiger partial charge in [-0.3, -0.25) is 0 Å². The van der Waals surface area contributed by atoms with Gasteiger partial charge in [0.25, 0.3) is 0 Å². The maximum absolute atomic E-state index is 14.1. The van der Waals surface area contributed by atoms with Crippen LogP contribution in [0, 0.1) is 18.6 Å². The van der Waals surface area contributed by atoms with Gasteiger partial charge in [-0.25, -0.2) is 8.78 Å². The molecule has 112 valence electrons. The molecule has 0 saturated heterocycles. The summed E-state index contributed by atoms with van der Waals surface area (Å²) in [5.41, 5.74) is 7.33. The van der Waals surface area contributed by atoms with Crippen molar-refractivity contribution in [3.63, 3.8) is 0 Å². The van der Waals surface area contributed by atoms with Gasteiger partial charge in [-0.2, -0.15) is 0 Å². The first-order valence-electron chi connectivity index (χ1n) is 6.09. The molecule has 0 aliphatic heterocycles. The van der Waals surface area contributed by atoms with Crippen LogP contribution in [0.2, 0.25) is 0 Å². The van der Waals surface area contributed by atoms with E-state index in [9.17, 15) is 8.78 Å². The molecule has 0 amide bonds. The molecule has 0 aliphatic rings. The first kappa shape index (κ1) is 16.4. The monoisotopic (exact) mass is 419 g/mol. The van der Waals surface area contributed by atoms with E-state index >= 15 is 0 Å². The molecule has 0 fully saturated rings. The van der Waals surface area contributed by atoms with Gasteiger partial charge in [-0.15, -0.1) is 0 Å². The van der Waals surface area contributed by atoms with Crippen molar-refractivity contribution in [3.8, 4) is 5.75 Å². The summed E-state index contributed by atoms with van der Waals surface area (Å²) in [6.45, 7) is 1.89. The lowest BCUT2D eigenvalue weighted by Crippen LogP contribution is -2.17. The van der Waals surface area contributed by atoms with Gasteiger partial charge in [0.1, 0.15) is 17.4 Å². The molecule has 2 nitrogen and oxygen atoms in total. The van der Waals surface area contributed by atoms with E-state index in [4.69, 9.17) is 10.5 Å². The summed E-state index contributed by atoms with van der Waals surface area (Å²) >= 11 is 6.44. The van der Waals surface area contributed by atoms with E-state index in [0.29, 0.717) is 15.8 Å². The predicted octanol–water partition coefficient (Wildman–Crippen LogP) is 4.85. The number of benzene rings is 2. The van der Waals surface area contributed by atoms with Crippen LogP contribution in [0.3, 0.4) is 0 Å². The number of nitrogens with two attached hydrogens (primary N) is 1. The minimum absolute atomic E-state index is 0.188. The van der Waals surface area contributed by atoms with Crippen LogP contribution in [0.25, 0.3) is 0 Å². The maximum atomic E-state index is 14.1. The van der Waals surface area contributed by atoms with Crippen molar-refractivity contribution in [1.82, 2.24) is 0 Å². The number of methoxy groups -OCH3 is 1. The molecular formula is C15H13Br2F2NO. The first-order valence-corrected chi connectivity index (χ1v) is 7.67. The van der Waals surface area contributed by atoms with Crippen LogP contribution < -0.4 is 10.5 Å². The molecule has 21 heavy (non-hydrogen) atoms. The smallest absolute Gasteiger partial charge is 0.132 e. The Hall–Kier alpha value is -0.980. The zero-order valence-electron chi connectivity index (χ0n) is 11.4. The van der Waals surface area contributed by atoms with E-state index in [2.05, 4.69) is 31.9 Å². The van der Waals surface area contributed by atoms with Crippen LogP contribution in [0.5, 0.6) is 5.75 Å². The van der Waals surface area contributed by atoms with Crippen LogP contribution in [0.1, 0.15) is 22.7 Å². The lowest BCUT2D eigenvalue weighted by molar-refractivity contribution is 0.406. The van der Waals surface area contributed by atoms with Gasteiger partial charge in [-0.05, 0) is 36.8 Å². The Bertz CT molecular complexity index is 669. The second kappa shape index (κ2) is 6.42. The highest BCUT2D eigenvalue weighted by Gasteiger charge is 2.23. The van der Waals surface area contributed by atoms with E-state index in [-0.39, 0.29) is 5.56 Å². The molecule has 0 bridgehead atoms. The van der Waals surface area contributed by atoms with Gasteiger partial charge in [0.2, 0.25) is 0 Å². The fraction of sp³-hybridized carbons (Fsp3) is 0.200. The predicted molar refractivity (Wildman–Crippen MR) is 85.5 cm³/mol. The van der Waals surface area contributed by atoms with Crippen molar-refractivity contribution in [2.75, 3.05) is 7.11 Å². The average Bonchev–Trinajstić information content (AvgIpc) is 2.39. The van der Waals surface area contributed by atoms with Crippen molar-refractivity contribution in [2.24, 2.45) is 5.73 Å². The minimum atomic E-state index is -0.968. The number of hydrogen-bond acceptors (Lipinski definition) is 2. The highest BCUT2D eigenvalue weighted by atomic mass is 79.9. The van der Waals surface area contributed by atoms with Crippen LogP contribution in [-0.2, 0) is 0 Å². The van der Waals surface area contributed by atoms with E-state index in [0.717, 1.165) is 10.0 Å². The van der Waals surface area contributed by atoms with Crippen molar-refractivity contribution in [1.29, 1.82) is 0 Å². The molecule has 0 aliphatic carbocycles. The van der Waals surface area contributed by atoms with Crippen molar-refractivity contribution in [2.45, 2.75) is 13.0 Å². The quantitative estimate of drug-likeness (QED) is 0.769. The summed E-state index contributed by atoms with van der Waals surface area (Å²) in [5.74, 6) is -0.911. The Morgan fingerprint density at radius 3 is 2.19 bits per heavy atom. The largest absolute Gasteiger partial charge is 0.496 e. The molecule has 0 aromatic heterocycles. The molecule has 2 aromatic carbocycles. The van der Waals surface area contributed by atoms with Gasteiger partial charge in [0.05, 0.1) is 13.2 Å². The third-order valence-electron chi connectivity index (χ3n) is 3.20. The van der Waals surface area contributed by atoms with Gasteiger partial charge >= 0.3 is 0 Å². The van der Waals surface area contributed by atoms with Crippen LogP contribution in [0.4, 0.5) is 8.78 Å². The second-order valence-electron chi connectivity index (χ2n) is 4.60. The molecule has 2 rings (SSSR count). The average molecular weight is 421 g/mol. The van der Waals surface area contributed by atoms with Crippen LogP contribution >= 0.6 is 31.9 Å². The molecule has 1 atom stereocenters. The van der Waals surface area contributed by atoms with E-state index in [1.165, 1.54) is 19.2 Å². The number of rotatable bonds is 3. The number of halogens is 4. The van der Waals surface area contributed by atoms with Gasteiger partial charge in [0.15, 0.2) is 0 Å². The Labute approximate surface area is 138 Å². The summed E-state index contributed by atoms with van der Waals surface area (Å²) in [4.78, 5) is 0. The highest BCUT2D eigenvalue weighted by molar-refractivity contribution is 9.10. The molecule has 6 heteroatoms. The third kappa shape index (κ3) is 3.27. The maximum Gasteiger partial charge on any atom is 0.132 e. The number of aryl methyl sites for hydroxylation is 1. The number of hydrogen-bond donors (Lipinski definition) is 1. The molecule has 2 N–H and O–H groups in total. The molecule has 2 aromatic rings. The normalized spacial score (nSPS) is 12.3. The zero-order chi connectivity index (χ0) is 15.7. The summed E-state index contributed by atoms with van der Waals surface area (Å²) in [5, 5.41) is 0. The molecular weight excluding hydrogens is 408 g/mol. The van der Waals surface area contributed by atoms with E-state index in [1.807, 2.05) is 6.92 Å². The lowest BCUT2D eigenvalue weighted by atomic mass is 9.96. The lowest BCUT2D eigenvalue weighted by Gasteiger charge is -2.19. The van der Waals surface area contributed by atoms with Crippen LogP contribution in [-0.4, -0.2) is 7.11 Å². The standard InChI is InChI=1S/C15H13Br2F2NO/c1-7-3-13(21-2)9(6-10(7)17)15(20)14-11(18)4-8(16)5-12(14)19/h3-6,15H,20H2,1-2H3. The SMILES string of the molecule is COc1cc(C)c(Br)cc1C(N)c1c(F)cc(Br)cc1F. The summed E-state index contributed by atoms with van der Waals surface area (Å²) in [6, 6.07) is 4.90. The Morgan fingerprint density at radius 1 is 1.10 bits per heavy atom. The molecule has 0 saturated carbocycles. The molecule has 0 radical (unpaired) electrons. The Balaban J connectivity index is 2.60. The topological polar surface area (TPSA) is 35.2 Å². The zero-order valence-corrected chi connectivity index (χ0v) is 14.6. The van der Waals surface area contributed by atoms with Gasteiger partial charge in [0, 0.05) is 20.1 Å². The van der Waals surface area contributed by atoms with Crippen molar-refractivity contribution < 1.29 is 13.5 Å². The van der Waals surface area contributed by atoms with Gasteiger partial charge in [-0.1, -0.05) is 31.9 Å². The summed E-state index contributed by atoms with van der Waals surface area (Å²) < 4.78 is 34.5. The van der Waals surface area contributed by atoms with Gasteiger partial charge < -0.3 is 10.5 Å². The van der Waals surface area contributed by atoms with Crippen molar-refractivity contribution in [3.05, 3.63) is 61.5 Å². The minimum Gasteiger partial charge on any atom is -0.496 e. The van der Waals surface area contributed by atoms with Crippen LogP contribution in [0.15, 0.2) is 33.2 Å². The fourth-order valence-corrected chi connectivity index (χ4v) is 2.86. The summed E-state index contributed by atoms with van der Waals surface area (Å²) in [7, 11) is 1.49. The van der Waals surface area contributed by atoms with Crippen molar-refractivity contribution >= 4 is 31.9 Å². The Kier molecular flexibility index (Phi) is 5.01. The molecule has 0 heterocycles. The number of ether oxygens (including phenoxy) is 1. The Morgan fingerprint density at radius 2 is 1.67 bits per heavy atom. The molecule has 0 spiro atoms. The second-order valence-corrected chi connectivity index (χ2v) is 6.37. The summed E-state index contributed by atoms with van der Waals surface area (Å²) in [6.07, 6.45) is 0. The first-order chi connectivity index (χ1) is 9.85. The fourth-order valence-electron chi connectivity index (χ4n) is 2.10. The van der Waals surface area contributed by atoms with E-state index in [1.54, 1.807) is 12.1 Å².